The minimum Gasteiger partial charge on any atom is -0.462 e. The Morgan fingerprint density at radius 2 is 1.02 bits per heavy atom. The van der Waals surface area contributed by atoms with Crippen molar-refractivity contribution in [2.75, 3.05) is 5.32 Å². The summed E-state index contributed by atoms with van der Waals surface area (Å²) in [4.78, 5) is 16.9. The molecule has 2 aliphatic carbocycles. The van der Waals surface area contributed by atoms with Gasteiger partial charge in [0.1, 0.15) is 5.52 Å². The van der Waals surface area contributed by atoms with Crippen molar-refractivity contribution < 1.29 is 9.15 Å². The van der Waals surface area contributed by atoms with Gasteiger partial charge in [-0.05, 0) is 171 Å². The number of nitrogens with zero attached hydrogens (tertiary/aromatic N) is 3. The van der Waals surface area contributed by atoms with Gasteiger partial charge in [0.25, 0.3) is 0 Å². The smallest absolute Gasteiger partial charge is 0.227 e. The lowest BCUT2D eigenvalue weighted by Gasteiger charge is -2.30. The molecule has 0 radical (unpaired) electrons. The summed E-state index contributed by atoms with van der Waals surface area (Å²) < 4.78 is 14.0. The third-order valence-electron chi connectivity index (χ3n) is 20.0. The van der Waals surface area contributed by atoms with E-state index in [0.29, 0.717) is 11.7 Å². The molecule has 3 aliphatic rings. The number of allylic oxidation sites excluding steroid dienone is 4. The minimum atomic E-state index is -0.737. The van der Waals surface area contributed by atoms with Gasteiger partial charge < -0.3 is 14.5 Å². The molecule has 20 rings (SSSR count). The maximum atomic E-state index is 7.18. The van der Waals surface area contributed by atoms with Gasteiger partial charge in [0.15, 0.2) is 17.2 Å². The standard InChI is InChI=1S/C83H52N4O2/c1-83(87-78-66-21-7-3-17-59(66)61-19-5-9-23-68(61)80(78)89-83)56-38-32-53(33-39-56)81-84-75(52-28-30-54(31-29-52)82-86-77-65-20-6-2-16-58(65)60-18-4-8-22-67(60)79(77)88-82)70-45-55(57-40-34-50-26-24-46-12-10-14-48-36-42-63(57)73(50)71(46)48)44-69(76(70)85-81)62-41-35-51-27-25-47-13-11-15-49-37-43-64(62)74(51)72(47)49/h2-8,10-22,24-32,34-38,40-45,87H,9,23,33,39H2,1H3. The van der Waals surface area contributed by atoms with Gasteiger partial charge in [-0.2, -0.15) is 0 Å². The van der Waals surface area contributed by atoms with Crippen LogP contribution in [0.2, 0.25) is 0 Å². The quantitative estimate of drug-likeness (QED) is 0.167. The summed E-state index contributed by atoms with van der Waals surface area (Å²) in [5.41, 5.74) is 14.9. The number of hydrogen-bond acceptors (Lipinski definition) is 6. The van der Waals surface area contributed by atoms with Crippen molar-refractivity contribution in [3.63, 3.8) is 0 Å². The Kier molecular flexibility index (Phi) is 10.00. The second kappa shape index (κ2) is 18.2. The van der Waals surface area contributed by atoms with Gasteiger partial charge >= 0.3 is 0 Å². The molecule has 1 unspecified atom stereocenters. The third kappa shape index (κ3) is 7.05. The summed E-state index contributed by atoms with van der Waals surface area (Å²) >= 11 is 0. The predicted molar refractivity (Wildman–Crippen MR) is 371 cm³/mol. The highest BCUT2D eigenvalue weighted by molar-refractivity contribution is 6.28. The Morgan fingerprint density at radius 3 is 1.72 bits per heavy atom. The van der Waals surface area contributed by atoms with Crippen molar-refractivity contribution in [2.45, 2.75) is 38.3 Å². The molecular formula is C83H52N4O2. The number of ether oxygens (including phenoxy) is 1. The van der Waals surface area contributed by atoms with Crippen LogP contribution in [-0.4, -0.2) is 20.7 Å². The Balaban J connectivity index is 0.812. The van der Waals surface area contributed by atoms with Crippen LogP contribution >= 0.6 is 0 Å². The maximum absolute atomic E-state index is 7.18. The highest BCUT2D eigenvalue weighted by Crippen LogP contribution is 2.52. The van der Waals surface area contributed by atoms with Crippen molar-refractivity contribution in [3.05, 3.63) is 259 Å². The van der Waals surface area contributed by atoms with Gasteiger partial charge in [-0.15, -0.1) is 0 Å². The van der Waals surface area contributed by atoms with Crippen LogP contribution < -0.4 is 10.1 Å². The molecule has 1 N–H and O–H groups in total. The molecule has 0 fully saturated rings. The fourth-order valence-electron chi connectivity index (χ4n) is 15.8. The van der Waals surface area contributed by atoms with Crippen LogP contribution in [0, 0.1) is 0 Å². The van der Waals surface area contributed by atoms with Gasteiger partial charge in [0.05, 0.1) is 16.9 Å². The number of hydrogen-bond donors (Lipinski definition) is 1. The summed E-state index contributed by atoms with van der Waals surface area (Å²) in [6.07, 6.45) is 12.5. The normalized spacial score (nSPS) is 15.8. The summed E-state index contributed by atoms with van der Waals surface area (Å²) in [5.74, 6) is 2.26. The largest absolute Gasteiger partial charge is 0.462 e. The fourth-order valence-corrected chi connectivity index (χ4v) is 15.8. The zero-order valence-corrected chi connectivity index (χ0v) is 48.6. The Labute approximate surface area is 511 Å². The second-order valence-electron chi connectivity index (χ2n) is 24.8. The number of nitrogens with one attached hydrogen (secondary N) is 1. The fraction of sp³-hybridized carbons (Fsp3) is 0.0723. The lowest BCUT2D eigenvalue weighted by Crippen LogP contribution is -2.39. The van der Waals surface area contributed by atoms with Gasteiger partial charge in [-0.1, -0.05) is 218 Å². The molecule has 6 nitrogen and oxygen atoms in total. The average molecular weight is 1140 g/mol. The molecular weight excluding hydrogens is 1080 g/mol. The van der Waals surface area contributed by atoms with E-state index in [1.807, 2.05) is 0 Å². The zero-order valence-electron chi connectivity index (χ0n) is 48.6. The molecule has 0 bridgehead atoms. The third-order valence-corrected chi connectivity index (χ3v) is 20.0. The first-order chi connectivity index (χ1) is 43.9. The molecule has 2 aromatic heterocycles. The second-order valence-corrected chi connectivity index (χ2v) is 24.8. The van der Waals surface area contributed by atoms with E-state index in [-0.39, 0.29) is 0 Å². The molecule has 0 spiro atoms. The van der Waals surface area contributed by atoms with Gasteiger partial charge in [0.2, 0.25) is 11.6 Å². The topological polar surface area (TPSA) is 73.1 Å². The van der Waals surface area contributed by atoms with Crippen LogP contribution in [-0.2, 0) is 6.42 Å². The van der Waals surface area contributed by atoms with E-state index < -0.39 is 5.72 Å². The molecule has 15 aromatic carbocycles. The number of rotatable bonds is 6. The predicted octanol–water partition coefficient (Wildman–Crippen LogP) is 22.0. The first-order valence-corrected chi connectivity index (χ1v) is 31.1. The SMILES string of the molecule is CC1(C2=CC=C(c3nc(-c4ccc(-c5nc6c7ccccc7c7ccccc7c6o5)cc4)c4cc(-c5ccc6ccc7cccc8ccc5c6c78)cc(-c5ccc6ccc7cccc8ccc5c6c78)c4n3)CC2)Nc2c(c3c(c4ccccc24)C=CCC3)O1. The zero-order chi connectivity index (χ0) is 58.2. The van der Waals surface area contributed by atoms with Crippen LogP contribution in [0.4, 0.5) is 5.69 Å². The molecule has 0 saturated heterocycles. The Hall–Kier alpha value is -11.2. The molecule has 416 valence electrons. The summed E-state index contributed by atoms with van der Waals surface area (Å²) in [6, 6.07) is 80.0. The van der Waals surface area contributed by atoms with Gasteiger partial charge in [-0.3, -0.25) is 0 Å². The van der Waals surface area contributed by atoms with Crippen molar-refractivity contribution in [2.24, 2.45) is 0 Å². The van der Waals surface area contributed by atoms with Crippen LogP contribution in [0.5, 0.6) is 5.75 Å². The Bertz CT molecular complexity index is 5960. The number of oxazole rings is 1. The molecule has 0 amide bonds. The van der Waals surface area contributed by atoms with E-state index in [0.717, 1.165) is 125 Å². The summed E-state index contributed by atoms with van der Waals surface area (Å²) in [7, 11) is 0. The highest BCUT2D eigenvalue weighted by Gasteiger charge is 2.41. The monoisotopic (exact) mass is 1140 g/mol. The maximum Gasteiger partial charge on any atom is 0.227 e. The van der Waals surface area contributed by atoms with Crippen molar-refractivity contribution in [1.29, 1.82) is 0 Å². The number of fused-ring (bicyclic) bond motifs is 13. The molecule has 3 heterocycles. The van der Waals surface area contributed by atoms with Crippen LogP contribution in [0.15, 0.2) is 247 Å². The lowest BCUT2D eigenvalue weighted by molar-refractivity contribution is 0.174. The van der Waals surface area contributed by atoms with Crippen molar-refractivity contribution in [3.8, 4) is 50.7 Å². The van der Waals surface area contributed by atoms with Crippen molar-refractivity contribution in [1.82, 2.24) is 15.0 Å². The van der Waals surface area contributed by atoms with Crippen LogP contribution in [0.3, 0.4) is 0 Å². The number of benzene rings is 15. The van der Waals surface area contributed by atoms with E-state index in [9.17, 15) is 0 Å². The Morgan fingerprint density at radius 1 is 0.427 bits per heavy atom. The molecule has 89 heavy (non-hydrogen) atoms. The number of anilines is 1. The first kappa shape index (κ1) is 49.0. The van der Waals surface area contributed by atoms with Crippen LogP contribution in [0.25, 0.3) is 176 Å². The van der Waals surface area contributed by atoms with E-state index in [2.05, 4.69) is 255 Å². The summed E-state index contributed by atoms with van der Waals surface area (Å²) in [5, 5.41) is 26.7. The van der Waals surface area contributed by atoms with E-state index in [1.54, 1.807) is 0 Å². The minimum absolute atomic E-state index is 0.575. The molecule has 6 heteroatoms. The average Bonchev–Trinajstić information content (AvgIpc) is 1.90. The van der Waals surface area contributed by atoms with E-state index in [4.69, 9.17) is 24.1 Å². The molecule has 1 aliphatic heterocycles. The van der Waals surface area contributed by atoms with Crippen molar-refractivity contribution >= 4 is 136 Å². The van der Waals surface area contributed by atoms with Gasteiger partial charge in [0, 0.05) is 43.8 Å². The lowest BCUT2D eigenvalue weighted by atomic mass is 9.86. The first-order valence-electron chi connectivity index (χ1n) is 31.1. The van der Waals surface area contributed by atoms with E-state index >= 15 is 0 Å². The molecule has 0 saturated carbocycles. The van der Waals surface area contributed by atoms with Crippen LogP contribution in [0.1, 0.15) is 43.1 Å². The molecule has 1 atom stereocenters. The molecule has 17 aromatic rings. The number of aromatic nitrogens is 3. The van der Waals surface area contributed by atoms with E-state index in [1.165, 1.54) is 92.1 Å². The van der Waals surface area contributed by atoms with Gasteiger partial charge in [-0.25, -0.2) is 15.0 Å². The summed E-state index contributed by atoms with van der Waals surface area (Å²) in [6.45, 7) is 2.19. The highest BCUT2D eigenvalue weighted by atomic mass is 16.5.